The van der Waals surface area contributed by atoms with E-state index in [1.165, 1.54) is 17.7 Å². The molecule has 0 aromatic carbocycles. The number of carbonyl (C=O) groups is 2. The average Bonchev–Trinajstić information content (AvgIpc) is 2.97. The van der Waals surface area contributed by atoms with Gasteiger partial charge in [0.15, 0.2) is 0 Å². The van der Waals surface area contributed by atoms with Gasteiger partial charge in [0.25, 0.3) is 5.56 Å². The lowest BCUT2D eigenvalue weighted by atomic mass is 9.86. The molecule has 1 aliphatic rings. The molecule has 0 bridgehead atoms. The third kappa shape index (κ3) is 5.93. The van der Waals surface area contributed by atoms with Crippen LogP contribution in [0.4, 0.5) is 0 Å². The van der Waals surface area contributed by atoms with E-state index in [0.717, 1.165) is 0 Å². The number of hydrogen-bond donors (Lipinski definition) is 2. The minimum absolute atomic E-state index is 0.111. The maximum absolute atomic E-state index is 12.1. The van der Waals surface area contributed by atoms with Crippen LogP contribution in [0.2, 0.25) is 0 Å². The molecule has 1 aliphatic heterocycles. The van der Waals surface area contributed by atoms with Crippen molar-refractivity contribution in [2.24, 2.45) is 10.5 Å². The molecule has 3 unspecified atom stereocenters. The van der Waals surface area contributed by atoms with Crippen LogP contribution in [0, 0.1) is 12.3 Å². The van der Waals surface area contributed by atoms with Gasteiger partial charge in [0.05, 0.1) is 18.9 Å². The van der Waals surface area contributed by atoms with E-state index in [0.29, 0.717) is 5.56 Å². The van der Waals surface area contributed by atoms with E-state index in [-0.39, 0.29) is 25.9 Å². The predicted molar refractivity (Wildman–Crippen MR) is 99.1 cm³/mol. The van der Waals surface area contributed by atoms with E-state index in [1.807, 2.05) is 0 Å². The molecule has 1 fully saturated rings. The second-order valence-corrected chi connectivity index (χ2v) is 7.71. The summed E-state index contributed by atoms with van der Waals surface area (Å²) in [6.45, 7) is 4.59. The number of esters is 1. The fourth-order valence-corrected chi connectivity index (χ4v) is 3.11. The van der Waals surface area contributed by atoms with E-state index in [1.54, 1.807) is 13.8 Å². The number of ether oxygens (including phenoxy) is 2. The molecule has 12 nitrogen and oxygen atoms in total. The number of hydrogen-bond acceptors (Lipinski definition) is 7. The van der Waals surface area contributed by atoms with Gasteiger partial charge in [-0.25, -0.2) is 4.79 Å². The minimum atomic E-state index is -1.02. The highest BCUT2D eigenvalue weighted by atomic mass is 16.6. The fraction of sp³-hybridized carbons (Fsp3) is 0.647. The Morgan fingerprint density at radius 3 is 2.76 bits per heavy atom. The number of carboxylic acid groups (broad SMARTS) is 1. The number of carbonyl (C=O) groups excluding carboxylic acids is 1. The molecule has 0 saturated carbocycles. The number of aliphatic carboxylic acids is 1. The third-order valence-corrected chi connectivity index (χ3v) is 4.52. The Bertz CT molecular complexity index is 944. The normalized spacial score (nSPS) is 21.4. The van der Waals surface area contributed by atoms with Crippen LogP contribution in [0.25, 0.3) is 10.4 Å². The van der Waals surface area contributed by atoms with Crippen molar-refractivity contribution < 1.29 is 24.2 Å². The lowest BCUT2D eigenvalue weighted by molar-refractivity contribution is -0.152. The fourth-order valence-electron chi connectivity index (χ4n) is 3.11. The van der Waals surface area contributed by atoms with Gasteiger partial charge in [-0.1, -0.05) is 19.0 Å². The summed E-state index contributed by atoms with van der Waals surface area (Å²) >= 11 is 0. The topological polar surface area (TPSA) is 176 Å². The molecule has 158 valence electrons. The van der Waals surface area contributed by atoms with Crippen LogP contribution in [0.1, 0.15) is 44.9 Å². The largest absolute Gasteiger partial charge is 0.481 e. The summed E-state index contributed by atoms with van der Waals surface area (Å²) in [6, 6.07) is -0.691. The Morgan fingerprint density at radius 2 is 2.14 bits per heavy atom. The van der Waals surface area contributed by atoms with Crippen molar-refractivity contribution in [1.29, 1.82) is 0 Å². The van der Waals surface area contributed by atoms with Crippen LogP contribution in [-0.4, -0.2) is 45.3 Å². The molecule has 12 heteroatoms. The highest BCUT2D eigenvalue weighted by Crippen LogP contribution is 2.31. The number of carboxylic acids is 1. The lowest BCUT2D eigenvalue weighted by Gasteiger charge is -2.22. The maximum atomic E-state index is 12.1. The van der Waals surface area contributed by atoms with Gasteiger partial charge in [-0.15, -0.1) is 0 Å². The highest BCUT2D eigenvalue weighted by Gasteiger charge is 2.37. The molecule has 2 N–H and O–H groups in total. The molecule has 1 saturated heterocycles. The number of nitrogens with one attached hydrogen (secondary N) is 1. The summed E-state index contributed by atoms with van der Waals surface area (Å²) in [4.78, 5) is 51.4. The van der Waals surface area contributed by atoms with Crippen LogP contribution in [-0.2, 0) is 19.1 Å². The van der Waals surface area contributed by atoms with Crippen molar-refractivity contribution in [3.63, 3.8) is 0 Å². The number of aromatic nitrogens is 2. The van der Waals surface area contributed by atoms with Crippen molar-refractivity contribution in [3.05, 3.63) is 43.0 Å². The number of rotatable bonds is 8. The standard InChI is InChI=1S/C17H23N5O7/c1-9-7-22(16(27)19-15(9)26)12-4-10(20-21-18)11(29-12)8-28-14(25)6-17(2,3)5-13(23)24/h7,10-12H,4-6,8H2,1-3H3,(H,23,24)(H,19,26,27). The molecule has 0 amide bonds. The van der Waals surface area contributed by atoms with Crippen LogP contribution in [0.3, 0.4) is 0 Å². The maximum Gasteiger partial charge on any atom is 0.330 e. The second-order valence-electron chi connectivity index (χ2n) is 7.71. The monoisotopic (exact) mass is 409 g/mol. The Kier molecular flexibility index (Phi) is 6.83. The average molecular weight is 409 g/mol. The van der Waals surface area contributed by atoms with Crippen molar-refractivity contribution >= 4 is 11.9 Å². The summed E-state index contributed by atoms with van der Waals surface area (Å²) < 4.78 is 12.1. The zero-order valence-electron chi connectivity index (χ0n) is 16.3. The zero-order chi connectivity index (χ0) is 21.8. The molecule has 3 atom stereocenters. The van der Waals surface area contributed by atoms with E-state index in [2.05, 4.69) is 15.0 Å². The first kappa shape index (κ1) is 22.2. The summed E-state index contributed by atoms with van der Waals surface area (Å²) in [6.07, 6.45) is -0.397. The van der Waals surface area contributed by atoms with E-state index in [9.17, 15) is 19.2 Å². The van der Waals surface area contributed by atoms with Crippen molar-refractivity contribution in [1.82, 2.24) is 9.55 Å². The number of aromatic amines is 1. The van der Waals surface area contributed by atoms with Gasteiger partial charge in [-0.3, -0.25) is 23.9 Å². The summed E-state index contributed by atoms with van der Waals surface area (Å²) in [5.41, 5.74) is 7.12. The van der Waals surface area contributed by atoms with Gasteiger partial charge in [0, 0.05) is 23.1 Å². The molecule has 29 heavy (non-hydrogen) atoms. The smallest absolute Gasteiger partial charge is 0.330 e. The molecule has 2 rings (SSSR count). The molecule has 0 aliphatic carbocycles. The first-order valence-electron chi connectivity index (χ1n) is 8.91. The predicted octanol–water partition coefficient (Wildman–Crippen LogP) is 1.25. The van der Waals surface area contributed by atoms with Crippen LogP contribution < -0.4 is 11.2 Å². The summed E-state index contributed by atoms with van der Waals surface area (Å²) in [5, 5.41) is 12.5. The minimum Gasteiger partial charge on any atom is -0.481 e. The molecular weight excluding hydrogens is 386 g/mol. The van der Waals surface area contributed by atoms with Crippen LogP contribution >= 0.6 is 0 Å². The molecule has 0 radical (unpaired) electrons. The van der Waals surface area contributed by atoms with E-state index >= 15 is 0 Å². The van der Waals surface area contributed by atoms with E-state index < -0.39 is 47.0 Å². The number of azide groups is 1. The summed E-state index contributed by atoms with van der Waals surface area (Å²) in [5.74, 6) is -1.63. The first-order valence-corrected chi connectivity index (χ1v) is 8.91. The summed E-state index contributed by atoms with van der Waals surface area (Å²) in [7, 11) is 0. The van der Waals surface area contributed by atoms with Gasteiger partial charge >= 0.3 is 17.6 Å². The molecular formula is C17H23N5O7. The van der Waals surface area contributed by atoms with Gasteiger partial charge in [0.2, 0.25) is 0 Å². The number of H-pyrrole nitrogens is 1. The molecule has 0 spiro atoms. The SMILES string of the molecule is Cc1cn(C2CC(N=[N+]=[N-])C(COC(=O)CC(C)(C)CC(=O)O)O2)c(=O)[nH]c1=O. The third-order valence-electron chi connectivity index (χ3n) is 4.52. The molecule has 1 aromatic heterocycles. The molecule has 1 aromatic rings. The van der Waals surface area contributed by atoms with Crippen molar-refractivity contribution in [2.75, 3.05) is 6.61 Å². The van der Waals surface area contributed by atoms with E-state index in [4.69, 9.17) is 20.1 Å². The highest BCUT2D eigenvalue weighted by molar-refractivity contribution is 5.73. The Balaban J connectivity index is 2.06. The van der Waals surface area contributed by atoms with Gasteiger partial charge in [-0.2, -0.15) is 0 Å². The second kappa shape index (κ2) is 8.93. The van der Waals surface area contributed by atoms with Crippen molar-refractivity contribution in [2.45, 2.75) is 58.4 Å². The Hall–Kier alpha value is -3.11. The van der Waals surface area contributed by atoms with Gasteiger partial charge in [0.1, 0.15) is 18.9 Å². The van der Waals surface area contributed by atoms with Crippen LogP contribution in [0.15, 0.2) is 20.9 Å². The molecule has 2 heterocycles. The Labute approximate surface area is 165 Å². The lowest BCUT2D eigenvalue weighted by Crippen LogP contribution is -2.33. The van der Waals surface area contributed by atoms with Crippen LogP contribution in [0.5, 0.6) is 0 Å². The zero-order valence-corrected chi connectivity index (χ0v) is 16.3. The van der Waals surface area contributed by atoms with Gasteiger partial charge < -0.3 is 14.6 Å². The number of aryl methyl sites for hydroxylation is 1. The number of nitrogens with zero attached hydrogens (tertiary/aromatic N) is 4. The van der Waals surface area contributed by atoms with Crippen molar-refractivity contribution in [3.8, 4) is 0 Å². The quantitative estimate of drug-likeness (QED) is 0.281. The first-order chi connectivity index (χ1) is 13.5. The Morgan fingerprint density at radius 1 is 1.45 bits per heavy atom. The van der Waals surface area contributed by atoms with Gasteiger partial charge in [-0.05, 0) is 17.9 Å².